The minimum atomic E-state index is -0.737. The van der Waals surface area contributed by atoms with Crippen LogP contribution in [0.2, 0.25) is 5.02 Å². The van der Waals surface area contributed by atoms with Gasteiger partial charge in [0.15, 0.2) is 11.5 Å². The first-order valence-corrected chi connectivity index (χ1v) is 6.46. The van der Waals surface area contributed by atoms with Crippen molar-refractivity contribution < 1.29 is 14.8 Å². The van der Waals surface area contributed by atoms with Gasteiger partial charge in [0, 0.05) is 17.5 Å². The van der Waals surface area contributed by atoms with E-state index in [1.165, 1.54) is 12.1 Å². The summed E-state index contributed by atoms with van der Waals surface area (Å²) < 4.78 is 0. The highest BCUT2D eigenvalue weighted by atomic mass is 35.5. The minimum absolute atomic E-state index is 0.00569. The smallest absolute Gasteiger partial charge is 0.281 e. The second kappa shape index (κ2) is 6.86. The highest BCUT2D eigenvalue weighted by Crippen LogP contribution is 2.30. The lowest BCUT2D eigenvalue weighted by Crippen LogP contribution is -2.08. The molecule has 6 nitrogen and oxygen atoms in total. The number of nitro benzene ring substituents is 1. The third-order valence-corrected chi connectivity index (χ3v) is 2.87. The maximum Gasteiger partial charge on any atom is 0.281 e. The summed E-state index contributed by atoms with van der Waals surface area (Å²) in [5.41, 5.74) is -1.17. The molecule has 1 N–H and O–H groups in total. The van der Waals surface area contributed by atoms with Gasteiger partial charge in [0.25, 0.3) is 5.69 Å². The average Bonchev–Trinajstić information content (AvgIpc) is 2.38. The average molecular weight is 309 g/mol. The van der Waals surface area contributed by atoms with Crippen LogP contribution in [0.15, 0.2) is 23.8 Å². The van der Waals surface area contributed by atoms with Crippen molar-refractivity contribution >= 4 is 28.8 Å². The highest BCUT2D eigenvalue weighted by Gasteiger charge is 2.23. The molecule has 110 valence electrons. The molecule has 0 aliphatic carbocycles. The van der Waals surface area contributed by atoms with Crippen LogP contribution in [0.25, 0.3) is 5.76 Å². The van der Waals surface area contributed by atoms with Crippen LogP contribution >= 0.6 is 11.6 Å². The van der Waals surface area contributed by atoms with Gasteiger partial charge in [-0.1, -0.05) is 25.4 Å². The lowest BCUT2D eigenvalue weighted by atomic mass is 9.98. The number of halogens is 1. The van der Waals surface area contributed by atoms with Crippen LogP contribution in [0, 0.1) is 27.4 Å². The molecule has 0 saturated heterocycles. The number of Topliss-reactive ketones (excluding diaryl/α,β-unsaturated/α-hetero) is 1. The fourth-order valence-corrected chi connectivity index (χ4v) is 1.88. The summed E-state index contributed by atoms with van der Waals surface area (Å²) in [7, 11) is 0. The highest BCUT2D eigenvalue weighted by molar-refractivity contribution is 6.30. The number of nitriles is 1. The number of nitro groups is 1. The van der Waals surface area contributed by atoms with Crippen molar-refractivity contribution in [3.05, 3.63) is 44.5 Å². The lowest BCUT2D eigenvalue weighted by Gasteiger charge is -2.07. The summed E-state index contributed by atoms with van der Waals surface area (Å²) in [5, 5.41) is 30.2. The van der Waals surface area contributed by atoms with Crippen LogP contribution in [0.5, 0.6) is 0 Å². The number of rotatable bonds is 5. The molecule has 0 fully saturated rings. The van der Waals surface area contributed by atoms with Crippen LogP contribution in [-0.2, 0) is 4.79 Å². The van der Waals surface area contributed by atoms with Gasteiger partial charge in [-0.25, -0.2) is 0 Å². The van der Waals surface area contributed by atoms with Gasteiger partial charge in [0.2, 0.25) is 0 Å². The Hall–Kier alpha value is -2.39. The monoisotopic (exact) mass is 308 g/mol. The number of nitrogens with zero attached hydrogens (tertiary/aromatic N) is 2. The number of hydrogen-bond donors (Lipinski definition) is 1. The van der Waals surface area contributed by atoms with Crippen molar-refractivity contribution in [2.75, 3.05) is 0 Å². The van der Waals surface area contributed by atoms with E-state index in [1.54, 1.807) is 19.9 Å². The Morgan fingerprint density at radius 1 is 1.52 bits per heavy atom. The van der Waals surface area contributed by atoms with Crippen molar-refractivity contribution in [2.24, 2.45) is 5.92 Å². The van der Waals surface area contributed by atoms with Crippen LogP contribution in [-0.4, -0.2) is 15.8 Å². The standard InChI is InChI=1S/C14H13ClN2O4/c1-8(2)5-13(18)11(7-16)14(19)10-4-3-9(15)6-12(10)17(20)21/h3-4,6,8,19H,5H2,1-2H3/b14-11-. The Kier molecular flexibility index (Phi) is 5.44. The molecule has 0 spiro atoms. The summed E-state index contributed by atoms with van der Waals surface area (Å²) >= 11 is 5.68. The summed E-state index contributed by atoms with van der Waals surface area (Å²) in [6.07, 6.45) is 0.0638. The van der Waals surface area contributed by atoms with Gasteiger partial charge in [-0.3, -0.25) is 14.9 Å². The van der Waals surface area contributed by atoms with Crippen molar-refractivity contribution in [3.63, 3.8) is 0 Å². The molecule has 0 atom stereocenters. The molecule has 1 aromatic rings. The molecule has 0 aliphatic heterocycles. The van der Waals surface area contributed by atoms with Gasteiger partial charge in [0.1, 0.15) is 11.6 Å². The third kappa shape index (κ3) is 4.04. The number of carbonyl (C=O) groups is 1. The summed E-state index contributed by atoms with van der Waals surface area (Å²) in [6, 6.07) is 5.20. The Morgan fingerprint density at radius 2 is 2.14 bits per heavy atom. The number of aliphatic hydroxyl groups excluding tert-OH is 1. The molecule has 0 radical (unpaired) electrons. The molecule has 0 heterocycles. The zero-order valence-electron chi connectivity index (χ0n) is 11.5. The van der Waals surface area contributed by atoms with Crippen LogP contribution < -0.4 is 0 Å². The van der Waals surface area contributed by atoms with Crippen molar-refractivity contribution in [1.82, 2.24) is 0 Å². The molecule has 1 rings (SSSR count). The van der Waals surface area contributed by atoms with Gasteiger partial charge < -0.3 is 5.11 Å². The SMILES string of the molecule is CC(C)CC(=O)/C(C#N)=C(\O)c1ccc(Cl)cc1[N+](=O)[O-]. The number of ketones is 1. The van der Waals surface area contributed by atoms with Gasteiger partial charge in [-0.2, -0.15) is 5.26 Å². The Balaban J connectivity index is 3.43. The van der Waals surface area contributed by atoms with Crippen LogP contribution in [0.1, 0.15) is 25.8 Å². The van der Waals surface area contributed by atoms with E-state index in [0.717, 1.165) is 6.07 Å². The van der Waals surface area contributed by atoms with E-state index in [4.69, 9.17) is 16.9 Å². The summed E-state index contributed by atoms with van der Waals surface area (Å²) in [5.74, 6) is -1.27. The molecule has 0 unspecified atom stereocenters. The molecule has 0 aromatic heterocycles. The van der Waals surface area contributed by atoms with E-state index in [-0.39, 0.29) is 22.9 Å². The van der Waals surface area contributed by atoms with Crippen LogP contribution in [0.4, 0.5) is 5.69 Å². The first-order valence-electron chi connectivity index (χ1n) is 6.08. The van der Waals surface area contributed by atoms with E-state index in [0.29, 0.717) is 0 Å². The third-order valence-electron chi connectivity index (χ3n) is 2.63. The normalized spacial score (nSPS) is 11.8. The number of aliphatic hydroxyl groups is 1. The largest absolute Gasteiger partial charge is 0.506 e. The lowest BCUT2D eigenvalue weighted by molar-refractivity contribution is -0.385. The van der Waals surface area contributed by atoms with Gasteiger partial charge in [-0.05, 0) is 18.1 Å². The Labute approximate surface area is 126 Å². The fourth-order valence-electron chi connectivity index (χ4n) is 1.71. The number of hydrogen-bond acceptors (Lipinski definition) is 5. The van der Waals surface area contributed by atoms with Gasteiger partial charge >= 0.3 is 0 Å². The second-order valence-corrected chi connectivity index (χ2v) is 5.21. The maximum absolute atomic E-state index is 11.9. The van der Waals surface area contributed by atoms with E-state index >= 15 is 0 Å². The maximum atomic E-state index is 11.9. The molecule has 0 aliphatic rings. The van der Waals surface area contributed by atoms with Crippen LogP contribution in [0.3, 0.4) is 0 Å². The number of benzene rings is 1. The Bertz CT molecular complexity index is 659. The molecular weight excluding hydrogens is 296 g/mol. The molecule has 1 aromatic carbocycles. The van der Waals surface area contributed by atoms with E-state index in [2.05, 4.69) is 0 Å². The molecule has 21 heavy (non-hydrogen) atoms. The van der Waals surface area contributed by atoms with E-state index in [1.807, 2.05) is 0 Å². The summed E-state index contributed by atoms with van der Waals surface area (Å²) in [6.45, 7) is 3.57. The molecule has 7 heteroatoms. The fraction of sp³-hybridized carbons (Fsp3) is 0.286. The second-order valence-electron chi connectivity index (χ2n) is 4.78. The van der Waals surface area contributed by atoms with E-state index in [9.17, 15) is 20.0 Å². The van der Waals surface area contributed by atoms with Gasteiger partial charge in [0.05, 0.1) is 10.5 Å². The zero-order chi connectivity index (χ0) is 16.2. The molecule has 0 saturated carbocycles. The number of allylic oxidation sites excluding steroid dienone is 1. The zero-order valence-corrected chi connectivity index (χ0v) is 12.2. The van der Waals surface area contributed by atoms with Crippen molar-refractivity contribution in [1.29, 1.82) is 5.26 Å². The Morgan fingerprint density at radius 3 is 2.62 bits per heavy atom. The molecule has 0 bridgehead atoms. The first-order chi connectivity index (χ1) is 9.77. The van der Waals surface area contributed by atoms with E-state index < -0.39 is 27.7 Å². The molecular formula is C14H13ClN2O4. The first kappa shape index (κ1) is 16.7. The predicted molar refractivity (Wildman–Crippen MR) is 77.7 cm³/mol. The van der Waals surface area contributed by atoms with Crippen molar-refractivity contribution in [2.45, 2.75) is 20.3 Å². The topological polar surface area (TPSA) is 104 Å². The minimum Gasteiger partial charge on any atom is -0.506 e. The van der Waals surface area contributed by atoms with Gasteiger partial charge in [-0.15, -0.1) is 0 Å². The summed E-state index contributed by atoms with van der Waals surface area (Å²) in [4.78, 5) is 22.2. The number of carbonyl (C=O) groups excluding carboxylic acids is 1. The molecule has 0 amide bonds. The predicted octanol–water partition coefficient (Wildman–Crippen LogP) is 3.66. The quantitative estimate of drug-likeness (QED) is 0.294. The van der Waals surface area contributed by atoms with Crippen molar-refractivity contribution in [3.8, 4) is 6.07 Å².